The summed E-state index contributed by atoms with van der Waals surface area (Å²) in [5.74, 6) is 1.05. The second-order valence-electron chi connectivity index (χ2n) is 4.51. The Morgan fingerprint density at radius 2 is 2.06 bits per heavy atom. The van der Waals surface area contributed by atoms with Gasteiger partial charge in [0, 0.05) is 6.20 Å². The highest BCUT2D eigenvalue weighted by molar-refractivity contribution is 7.19. The first-order valence-electron chi connectivity index (χ1n) is 5.92. The zero-order chi connectivity index (χ0) is 11.0. The summed E-state index contributed by atoms with van der Waals surface area (Å²) in [7, 11) is 0. The maximum atomic E-state index is 10.2. The molecule has 3 heteroatoms. The van der Waals surface area contributed by atoms with E-state index in [4.69, 9.17) is 0 Å². The first kappa shape index (κ1) is 10.1. The largest absolute Gasteiger partial charge is 0.506 e. The maximum absolute atomic E-state index is 10.2. The maximum Gasteiger partial charge on any atom is 0.139 e. The molecule has 1 N–H and O–H groups in total. The number of nitrogens with zero attached hydrogens (tertiary/aromatic N) is 1. The number of pyridine rings is 1. The van der Waals surface area contributed by atoms with Crippen molar-refractivity contribution in [1.29, 1.82) is 0 Å². The summed E-state index contributed by atoms with van der Waals surface area (Å²) in [4.78, 5) is 6.45. The van der Waals surface area contributed by atoms with Gasteiger partial charge in [-0.25, -0.2) is 4.98 Å². The first-order chi connectivity index (χ1) is 7.86. The van der Waals surface area contributed by atoms with Gasteiger partial charge in [-0.1, -0.05) is 19.3 Å². The van der Waals surface area contributed by atoms with E-state index in [1.807, 2.05) is 12.1 Å². The number of hydrogen-bond acceptors (Lipinski definition) is 3. The van der Waals surface area contributed by atoms with Gasteiger partial charge in [-0.3, -0.25) is 0 Å². The molecule has 2 heterocycles. The number of aromatic hydroxyl groups is 1. The molecule has 16 heavy (non-hydrogen) atoms. The molecule has 0 aromatic carbocycles. The van der Waals surface area contributed by atoms with Crippen LogP contribution in [0.25, 0.3) is 10.2 Å². The van der Waals surface area contributed by atoms with Gasteiger partial charge in [0.15, 0.2) is 0 Å². The summed E-state index contributed by atoms with van der Waals surface area (Å²) in [6, 6.07) is 3.85. The molecule has 84 valence electrons. The van der Waals surface area contributed by atoms with Crippen LogP contribution >= 0.6 is 11.3 Å². The van der Waals surface area contributed by atoms with Crippen LogP contribution in [0.5, 0.6) is 5.75 Å². The van der Waals surface area contributed by atoms with E-state index in [-0.39, 0.29) is 0 Å². The average molecular weight is 233 g/mol. The standard InChI is InChI=1S/C13H15NOS/c15-11-10-7-4-8-14-13(10)16-12(11)9-5-2-1-3-6-9/h4,7-9,15H,1-3,5-6H2. The molecule has 1 aliphatic rings. The quantitative estimate of drug-likeness (QED) is 0.806. The normalized spacial score (nSPS) is 18.0. The fraction of sp³-hybridized carbons (Fsp3) is 0.462. The fourth-order valence-electron chi connectivity index (χ4n) is 2.58. The lowest BCUT2D eigenvalue weighted by molar-refractivity contribution is 0.423. The summed E-state index contributed by atoms with van der Waals surface area (Å²) in [6.07, 6.45) is 8.18. The Labute approximate surface area is 99.0 Å². The monoisotopic (exact) mass is 233 g/mol. The molecule has 2 aromatic heterocycles. The van der Waals surface area contributed by atoms with Gasteiger partial charge in [0.1, 0.15) is 10.6 Å². The van der Waals surface area contributed by atoms with Crippen molar-refractivity contribution in [2.24, 2.45) is 0 Å². The first-order valence-corrected chi connectivity index (χ1v) is 6.74. The van der Waals surface area contributed by atoms with Crippen LogP contribution in [0.2, 0.25) is 0 Å². The molecular weight excluding hydrogens is 218 g/mol. The zero-order valence-electron chi connectivity index (χ0n) is 9.15. The predicted octanol–water partition coefficient (Wildman–Crippen LogP) is 4.05. The Bertz CT molecular complexity index is 500. The molecule has 0 atom stereocenters. The highest BCUT2D eigenvalue weighted by Crippen LogP contribution is 2.45. The Balaban J connectivity index is 2.05. The van der Waals surface area contributed by atoms with Crippen LogP contribution in [-0.2, 0) is 0 Å². The third-order valence-corrected chi connectivity index (χ3v) is 4.71. The minimum atomic E-state index is 0.486. The van der Waals surface area contributed by atoms with Crippen LogP contribution in [0.4, 0.5) is 0 Å². The minimum absolute atomic E-state index is 0.486. The van der Waals surface area contributed by atoms with Crippen LogP contribution in [0.1, 0.15) is 42.9 Å². The van der Waals surface area contributed by atoms with Crippen molar-refractivity contribution in [1.82, 2.24) is 4.98 Å². The molecule has 1 aliphatic carbocycles. The van der Waals surface area contributed by atoms with Gasteiger partial charge in [-0.2, -0.15) is 0 Å². The molecule has 0 saturated heterocycles. The molecule has 0 aliphatic heterocycles. The predicted molar refractivity (Wildman–Crippen MR) is 67.1 cm³/mol. The van der Waals surface area contributed by atoms with Crippen LogP contribution in [-0.4, -0.2) is 10.1 Å². The molecule has 0 unspecified atom stereocenters. The van der Waals surface area contributed by atoms with Crippen molar-refractivity contribution < 1.29 is 5.11 Å². The van der Waals surface area contributed by atoms with E-state index in [0.29, 0.717) is 11.7 Å². The molecule has 0 radical (unpaired) electrons. The molecule has 0 amide bonds. The van der Waals surface area contributed by atoms with Crippen LogP contribution in [0.15, 0.2) is 18.3 Å². The van der Waals surface area contributed by atoms with E-state index >= 15 is 0 Å². The number of aromatic nitrogens is 1. The van der Waals surface area contributed by atoms with Crippen molar-refractivity contribution in [2.75, 3.05) is 0 Å². The molecule has 0 spiro atoms. The molecular formula is C13H15NOS. The van der Waals surface area contributed by atoms with Gasteiger partial charge >= 0.3 is 0 Å². The minimum Gasteiger partial charge on any atom is -0.506 e. The number of fused-ring (bicyclic) bond motifs is 1. The Morgan fingerprint density at radius 3 is 2.81 bits per heavy atom. The summed E-state index contributed by atoms with van der Waals surface area (Å²) in [5, 5.41) is 11.1. The van der Waals surface area contributed by atoms with Crippen molar-refractivity contribution in [2.45, 2.75) is 38.0 Å². The van der Waals surface area contributed by atoms with Gasteiger partial charge in [0.05, 0.1) is 10.3 Å². The van der Waals surface area contributed by atoms with Gasteiger partial charge in [0.25, 0.3) is 0 Å². The van der Waals surface area contributed by atoms with Crippen LogP contribution in [0, 0.1) is 0 Å². The topological polar surface area (TPSA) is 33.1 Å². The Kier molecular flexibility index (Phi) is 2.56. The van der Waals surface area contributed by atoms with E-state index in [2.05, 4.69) is 4.98 Å². The van der Waals surface area contributed by atoms with Crippen molar-refractivity contribution in [3.8, 4) is 5.75 Å². The number of hydrogen-bond donors (Lipinski definition) is 1. The zero-order valence-corrected chi connectivity index (χ0v) is 9.96. The second-order valence-corrected chi connectivity index (χ2v) is 5.54. The van der Waals surface area contributed by atoms with Crippen LogP contribution in [0.3, 0.4) is 0 Å². The molecule has 0 bridgehead atoms. The van der Waals surface area contributed by atoms with E-state index in [0.717, 1.165) is 15.1 Å². The SMILES string of the molecule is Oc1c(C2CCCCC2)sc2ncccc12. The lowest BCUT2D eigenvalue weighted by Gasteiger charge is -2.20. The third kappa shape index (κ3) is 1.59. The molecule has 2 nitrogen and oxygen atoms in total. The lowest BCUT2D eigenvalue weighted by atomic mass is 9.88. The highest BCUT2D eigenvalue weighted by atomic mass is 32.1. The van der Waals surface area contributed by atoms with E-state index < -0.39 is 0 Å². The number of rotatable bonds is 1. The van der Waals surface area contributed by atoms with E-state index in [1.54, 1.807) is 17.5 Å². The summed E-state index contributed by atoms with van der Waals surface area (Å²) >= 11 is 1.67. The molecule has 1 saturated carbocycles. The van der Waals surface area contributed by atoms with E-state index in [9.17, 15) is 5.11 Å². The Hall–Kier alpha value is -1.09. The van der Waals surface area contributed by atoms with E-state index in [1.165, 1.54) is 32.1 Å². The highest BCUT2D eigenvalue weighted by Gasteiger charge is 2.22. The lowest BCUT2D eigenvalue weighted by Crippen LogP contribution is -2.02. The van der Waals surface area contributed by atoms with Crippen molar-refractivity contribution >= 4 is 21.6 Å². The van der Waals surface area contributed by atoms with Gasteiger partial charge in [-0.05, 0) is 30.9 Å². The summed E-state index contributed by atoms with van der Waals surface area (Å²) in [5.41, 5.74) is 0. The fourth-order valence-corrected chi connectivity index (χ4v) is 3.78. The van der Waals surface area contributed by atoms with Crippen molar-refractivity contribution in [3.05, 3.63) is 23.2 Å². The molecule has 3 rings (SSSR count). The summed E-state index contributed by atoms with van der Waals surface area (Å²) in [6.45, 7) is 0. The average Bonchev–Trinajstić information content (AvgIpc) is 2.69. The number of thiophene rings is 1. The molecule has 2 aromatic rings. The van der Waals surface area contributed by atoms with Gasteiger partial charge < -0.3 is 5.11 Å². The van der Waals surface area contributed by atoms with Crippen LogP contribution < -0.4 is 0 Å². The Morgan fingerprint density at radius 1 is 1.25 bits per heavy atom. The smallest absolute Gasteiger partial charge is 0.139 e. The van der Waals surface area contributed by atoms with Gasteiger partial charge in [-0.15, -0.1) is 11.3 Å². The molecule has 1 fully saturated rings. The second kappa shape index (κ2) is 4.06. The van der Waals surface area contributed by atoms with Gasteiger partial charge in [0.2, 0.25) is 0 Å². The van der Waals surface area contributed by atoms with Crippen molar-refractivity contribution in [3.63, 3.8) is 0 Å². The summed E-state index contributed by atoms with van der Waals surface area (Å²) < 4.78 is 0. The third-order valence-electron chi connectivity index (χ3n) is 3.44.